The summed E-state index contributed by atoms with van der Waals surface area (Å²) in [6, 6.07) is 0. The number of hydrogen-bond donors (Lipinski definition) is 0. The minimum absolute atomic E-state index is 2.20. The molecule has 0 atom stereocenters. The van der Waals surface area contributed by atoms with Crippen LogP contribution in [-0.4, -0.2) is 5.02 Å². The Balaban J connectivity index is 5.19. The molecule has 0 heterocycles. The van der Waals surface area contributed by atoms with Crippen LogP contribution in [0.1, 0.15) is 0 Å². The van der Waals surface area contributed by atoms with Gasteiger partial charge in [0, 0.05) is 16.5 Å². The smallest absolute Gasteiger partial charge is 0.0148 e. The summed E-state index contributed by atoms with van der Waals surface area (Å²) in [5, 5.41) is 2.20. The molecule has 0 fully saturated rings. The van der Waals surface area contributed by atoms with Crippen molar-refractivity contribution in [2.24, 2.45) is 0 Å². The van der Waals surface area contributed by atoms with Gasteiger partial charge in [0.15, 0.2) is 0 Å². The largest absolute Gasteiger partial charge is 0.0687 e. The highest BCUT2D eigenvalue weighted by molar-refractivity contribution is 7.78. The van der Waals surface area contributed by atoms with Crippen molar-refractivity contribution in [3.05, 3.63) is 41.0 Å². The lowest BCUT2D eigenvalue weighted by Gasteiger charge is -1.35. The summed E-state index contributed by atoms with van der Waals surface area (Å²) < 4.78 is 0. The Morgan fingerprint density at radius 3 is 2.00 bits per heavy atom. The van der Waals surface area contributed by atoms with Gasteiger partial charge in [0.2, 0.25) is 0 Å². The molecule has 0 aliphatic rings. The lowest BCUT2D eigenvalue weighted by atomic mass is 10.7. The first-order valence-corrected chi connectivity index (χ1v) is 2.47. The second-order valence-electron chi connectivity index (χ2n) is 0.904. The summed E-state index contributed by atoms with van der Waals surface area (Å²) >= 11 is 4.29. The van der Waals surface area contributed by atoms with Gasteiger partial charge in [-0.05, 0) is 36.0 Å². The molecule has 0 aromatic heterocycles. The topological polar surface area (TPSA) is 0 Å². The molecule has 0 saturated heterocycles. The van der Waals surface area contributed by atoms with Crippen LogP contribution >= 0.6 is 12.2 Å². The first kappa shape index (κ1) is 7.55. The van der Waals surface area contributed by atoms with Crippen LogP contribution in [0, 0.1) is 0 Å². The lowest BCUT2D eigenvalue weighted by molar-refractivity contribution is 2.20. The molecule has 0 bridgehead atoms. The van der Waals surface area contributed by atoms with Gasteiger partial charge in [0.1, 0.15) is 0 Å². The SMILES string of the molecule is C=C=C=C=C=C=C=C=S. The quantitative estimate of drug-likeness (QED) is 0.355. The molecule has 0 aromatic rings. The number of hydrogen-bond acceptors (Lipinski definition) is 1. The molecule has 0 aromatic carbocycles. The van der Waals surface area contributed by atoms with Gasteiger partial charge in [-0.3, -0.25) is 0 Å². The Labute approximate surface area is 58.8 Å². The zero-order chi connectivity index (χ0) is 6.95. The zero-order valence-corrected chi connectivity index (χ0v) is 5.43. The maximum atomic E-state index is 4.29. The van der Waals surface area contributed by atoms with Crippen molar-refractivity contribution in [3.8, 4) is 0 Å². The van der Waals surface area contributed by atoms with Gasteiger partial charge in [0.05, 0.1) is 0 Å². The van der Waals surface area contributed by atoms with E-state index < -0.39 is 0 Å². The van der Waals surface area contributed by atoms with Crippen molar-refractivity contribution in [1.29, 1.82) is 0 Å². The van der Waals surface area contributed by atoms with Crippen LogP contribution in [0.3, 0.4) is 0 Å². The molecule has 0 aliphatic heterocycles. The van der Waals surface area contributed by atoms with Crippen molar-refractivity contribution in [1.82, 2.24) is 0 Å². The molecule has 0 rings (SSSR count). The van der Waals surface area contributed by atoms with Crippen LogP contribution in [-0.2, 0) is 0 Å². The minimum atomic E-state index is 2.20. The molecule has 0 unspecified atom stereocenters. The summed E-state index contributed by atoms with van der Waals surface area (Å²) in [6.45, 7) is 3.26. The van der Waals surface area contributed by atoms with E-state index in [0.717, 1.165) is 0 Å². The van der Waals surface area contributed by atoms with E-state index in [1.54, 1.807) is 0 Å². The molecule has 0 radical (unpaired) electrons. The Kier molecular flexibility index (Phi) is 5.49. The van der Waals surface area contributed by atoms with E-state index in [4.69, 9.17) is 0 Å². The van der Waals surface area contributed by atoms with E-state index in [0.29, 0.717) is 0 Å². The van der Waals surface area contributed by atoms with Crippen molar-refractivity contribution >= 4 is 17.2 Å². The minimum Gasteiger partial charge on any atom is -0.0687 e. The van der Waals surface area contributed by atoms with Gasteiger partial charge in [-0.2, -0.15) is 0 Å². The lowest BCUT2D eigenvalue weighted by Crippen LogP contribution is -1.23. The molecule has 0 saturated carbocycles. The molecule has 40 valence electrons. The second kappa shape index (κ2) is 6.55. The van der Waals surface area contributed by atoms with Crippen LogP contribution in [0.25, 0.3) is 0 Å². The normalized spacial score (nSPS) is 3.56. The van der Waals surface area contributed by atoms with E-state index in [9.17, 15) is 0 Å². The summed E-state index contributed by atoms with van der Waals surface area (Å²) in [5.41, 5.74) is 14.4. The van der Waals surface area contributed by atoms with Crippen LogP contribution in [0.5, 0.6) is 0 Å². The van der Waals surface area contributed by atoms with Crippen molar-refractivity contribution < 1.29 is 0 Å². The van der Waals surface area contributed by atoms with Crippen LogP contribution in [0.15, 0.2) is 41.0 Å². The molecule has 9 heavy (non-hydrogen) atoms. The third kappa shape index (κ3) is 6.55. The average Bonchev–Trinajstić information content (AvgIpc) is 1.89. The van der Waals surface area contributed by atoms with Crippen molar-refractivity contribution in [2.45, 2.75) is 0 Å². The average molecular weight is 130 g/mol. The fourth-order valence-corrected chi connectivity index (χ4v) is 0.214. The van der Waals surface area contributed by atoms with Gasteiger partial charge < -0.3 is 0 Å². The first-order chi connectivity index (χ1) is 4.41. The Bertz CT molecular complexity index is 289. The van der Waals surface area contributed by atoms with Crippen molar-refractivity contribution in [3.63, 3.8) is 0 Å². The first-order valence-electron chi connectivity index (χ1n) is 2.06. The third-order valence-electron chi connectivity index (χ3n) is 0.389. The molecule has 0 N–H and O–H groups in total. The summed E-state index contributed by atoms with van der Waals surface area (Å²) in [4.78, 5) is 0. The van der Waals surface area contributed by atoms with E-state index >= 15 is 0 Å². The van der Waals surface area contributed by atoms with Gasteiger partial charge in [-0.1, -0.05) is 5.73 Å². The second-order valence-corrected chi connectivity index (χ2v) is 1.11. The highest BCUT2D eigenvalue weighted by Crippen LogP contribution is 1.49. The predicted octanol–water partition coefficient (Wildman–Crippen LogP) is 1.70. The molecule has 0 spiro atoms. The van der Waals surface area contributed by atoms with Crippen molar-refractivity contribution in [2.75, 3.05) is 0 Å². The maximum absolute atomic E-state index is 4.29. The van der Waals surface area contributed by atoms with Gasteiger partial charge in [-0.25, -0.2) is 0 Å². The molecule has 1 heteroatoms. The highest BCUT2D eigenvalue weighted by Gasteiger charge is 1.34. The molecule has 0 aliphatic carbocycles. The number of rotatable bonds is 0. The maximum Gasteiger partial charge on any atom is 0.0148 e. The monoisotopic (exact) mass is 130 g/mol. The highest BCUT2D eigenvalue weighted by atomic mass is 32.1. The van der Waals surface area contributed by atoms with E-state index in [-0.39, 0.29) is 0 Å². The van der Waals surface area contributed by atoms with Gasteiger partial charge >= 0.3 is 0 Å². The Morgan fingerprint density at radius 1 is 0.889 bits per heavy atom. The number of thiocarbonyl (C=S) groups is 1. The molecular weight excluding hydrogens is 128 g/mol. The van der Waals surface area contributed by atoms with Gasteiger partial charge in [-0.15, -0.1) is 0 Å². The zero-order valence-electron chi connectivity index (χ0n) is 4.62. The third-order valence-corrected chi connectivity index (χ3v) is 0.491. The standard InChI is InChI=1S/C8H2S/c1-2-3-4-5-6-7-8-9/h1H2. The fourth-order valence-electron chi connectivity index (χ4n) is 0.163. The molecule has 0 amide bonds. The molecule has 0 nitrogen and oxygen atoms in total. The molecular formula is C8H2S. The predicted molar refractivity (Wildman–Crippen MR) is 39.3 cm³/mol. The van der Waals surface area contributed by atoms with E-state index in [1.807, 2.05) is 0 Å². The van der Waals surface area contributed by atoms with Crippen LogP contribution in [0.2, 0.25) is 0 Å². The fraction of sp³-hybridized carbons (Fsp3) is 0. The Hall–Kier alpha value is -1.45. The summed E-state index contributed by atoms with van der Waals surface area (Å²) in [7, 11) is 0. The van der Waals surface area contributed by atoms with E-state index in [2.05, 4.69) is 58.2 Å². The summed E-state index contributed by atoms with van der Waals surface area (Å²) in [6.07, 6.45) is 0. The van der Waals surface area contributed by atoms with Crippen LogP contribution < -0.4 is 0 Å². The van der Waals surface area contributed by atoms with Gasteiger partial charge in [0.25, 0.3) is 0 Å². The van der Waals surface area contributed by atoms with Crippen LogP contribution in [0.4, 0.5) is 0 Å². The summed E-state index contributed by atoms with van der Waals surface area (Å²) in [5.74, 6) is 0. The Morgan fingerprint density at radius 2 is 1.44 bits per heavy atom. The van der Waals surface area contributed by atoms with E-state index in [1.165, 1.54) is 0 Å².